The lowest BCUT2D eigenvalue weighted by molar-refractivity contribution is -0.160. The largest absolute Gasteiger partial charge is 0.378 e. The number of carbonyl (C=O) groups is 1. The average Bonchev–Trinajstić information content (AvgIpc) is 3.20. The van der Waals surface area contributed by atoms with E-state index in [1.807, 2.05) is 29.2 Å². The van der Waals surface area contributed by atoms with Crippen LogP contribution in [0.25, 0.3) is 0 Å². The number of amides is 1. The van der Waals surface area contributed by atoms with Gasteiger partial charge in [-0.1, -0.05) is 18.2 Å². The molecule has 1 aromatic carbocycles. The van der Waals surface area contributed by atoms with Crippen LogP contribution in [-0.4, -0.2) is 49.3 Å². The minimum Gasteiger partial charge on any atom is -0.378 e. The van der Waals surface area contributed by atoms with Crippen molar-refractivity contribution in [3.63, 3.8) is 0 Å². The molecule has 3 heterocycles. The minimum absolute atomic E-state index is 0.104. The molecule has 26 heavy (non-hydrogen) atoms. The number of hydrogen-bond acceptors (Lipinski definition) is 5. The first-order valence-electron chi connectivity index (χ1n) is 9.01. The third-order valence-corrected chi connectivity index (χ3v) is 7.07. The molecule has 1 atom stereocenters. The van der Waals surface area contributed by atoms with Gasteiger partial charge in [-0.25, -0.2) is 0 Å². The number of nitrogens with zero attached hydrogens (tertiary/aromatic N) is 1. The van der Waals surface area contributed by atoms with Gasteiger partial charge in [0.1, 0.15) is 5.60 Å². The van der Waals surface area contributed by atoms with E-state index in [-0.39, 0.29) is 11.5 Å². The second kappa shape index (κ2) is 8.13. The van der Waals surface area contributed by atoms with Crippen molar-refractivity contribution in [2.75, 3.05) is 32.9 Å². The van der Waals surface area contributed by atoms with Crippen LogP contribution in [0.5, 0.6) is 0 Å². The molecule has 0 N–H and O–H groups in total. The second-order valence-corrected chi connectivity index (χ2v) is 8.83. The van der Waals surface area contributed by atoms with E-state index in [0.29, 0.717) is 26.3 Å². The van der Waals surface area contributed by atoms with Gasteiger partial charge in [-0.05, 0) is 36.4 Å². The molecule has 0 bridgehead atoms. The molecule has 1 spiro atoms. The lowest BCUT2D eigenvalue weighted by Gasteiger charge is -2.44. The Balaban J connectivity index is 1.48. The fourth-order valence-electron chi connectivity index (χ4n) is 3.57. The summed E-state index contributed by atoms with van der Waals surface area (Å²) in [5.74, 6) is 0.996. The van der Waals surface area contributed by atoms with Crippen LogP contribution in [0, 0.1) is 0 Å². The quantitative estimate of drug-likeness (QED) is 0.739. The maximum absolute atomic E-state index is 13.2. The highest BCUT2D eigenvalue weighted by Gasteiger charge is 2.40. The molecular formula is C20H23NO3S2. The molecule has 2 saturated heterocycles. The van der Waals surface area contributed by atoms with E-state index in [2.05, 4.69) is 17.5 Å². The zero-order valence-corrected chi connectivity index (χ0v) is 16.3. The van der Waals surface area contributed by atoms with Gasteiger partial charge in [0, 0.05) is 28.7 Å². The SMILES string of the molecule is O=C(c1ccccc1SCc1cccs1)N1CCOC2(CCCOC2)C1. The molecule has 1 unspecified atom stereocenters. The summed E-state index contributed by atoms with van der Waals surface area (Å²) in [6.07, 6.45) is 1.96. The van der Waals surface area contributed by atoms with Crippen LogP contribution in [0.4, 0.5) is 0 Å². The Labute approximate surface area is 162 Å². The number of ether oxygens (including phenoxy) is 2. The van der Waals surface area contributed by atoms with Gasteiger partial charge in [-0.3, -0.25) is 4.79 Å². The van der Waals surface area contributed by atoms with Crippen LogP contribution in [0.15, 0.2) is 46.7 Å². The highest BCUT2D eigenvalue weighted by Crippen LogP contribution is 2.31. The predicted molar refractivity (Wildman–Crippen MR) is 105 cm³/mol. The van der Waals surface area contributed by atoms with Crippen LogP contribution in [0.3, 0.4) is 0 Å². The normalized spacial score (nSPS) is 23.3. The van der Waals surface area contributed by atoms with Crippen LogP contribution in [0.1, 0.15) is 28.1 Å². The third-order valence-electron chi connectivity index (χ3n) is 4.89. The van der Waals surface area contributed by atoms with E-state index in [1.54, 1.807) is 23.1 Å². The van der Waals surface area contributed by atoms with E-state index < -0.39 is 0 Å². The maximum Gasteiger partial charge on any atom is 0.255 e. The Bertz CT molecular complexity index is 736. The molecule has 2 aliphatic heterocycles. The minimum atomic E-state index is -0.314. The zero-order chi connectivity index (χ0) is 17.8. The summed E-state index contributed by atoms with van der Waals surface area (Å²) in [7, 11) is 0. The van der Waals surface area contributed by atoms with Gasteiger partial charge in [0.2, 0.25) is 0 Å². The van der Waals surface area contributed by atoms with Gasteiger partial charge in [0.15, 0.2) is 0 Å². The van der Waals surface area contributed by atoms with Crippen molar-refractivity contribution >= 4 is 29.0 Å². The monoisotopic (exact) mass is 389 g/mol. The summed E-state index contributed by atoms with van der Waals surface area (Å²) in [6, 6.07) is 12.1. The van der Waals surface area contributed by atoms with Crippen LogP contribution in [-0.2, 0) is 15.2 Å². The summed E-state index contributed by atoms with van der Waals surface area (Å²) in [5.41, 5.74) is 0.480. The van der Waals surface area contributed by atoms with Crippen molar-refractivity contribution < 1.29 is 14.3 Å². The van der Waals surface area contributed by atoms with Crippen molar-refractivity contribution in [2.24, 2.45) is 0 Å². The molecule has 0 radical (unpaired) electrons. The van der Waals surface area contributed by atoms with Gasteiger partial charge < -0.3 is 14.4 Å². The average molecular weight is 390 g/mol. The molecule has 2 fully saturated rings. The van der Waals surface area contributed by atoms with E-state index in [4.69, 9.17) is 9.47 Å². The van der Waals surface area contributed by atoms with Crippen molar-refractivity contribution in [3.8, 4) is 0 Å². The molecule has 2 aromatic rings. The van der Waals surface area contributed by atoms with Crippen molar-refractivity contribution in [3.05, 3.63) is 52.2 Å². The summed E-state index contributed by atoms with van der Waals surface area (Å²) in [6.45, 7) is 3.23. The molecule has 1 amide bonds. The molecular weight excluding hydrogens is 366 g/mol. The van der Waals surface area contributed by atoms with Crippen molar-refractivity contribution in [1.82, 2.24) is 4.90 Å². The topological polar surface area (TPSA) is 38.8 Å². The Morgan fingerprint density at radius 3 is 2.96 bits per heavy atom. The van der Waals surface area contributed by atoms with Crippen molar-refractivity contribution in [1.29, 1.82) is 0 Å². The van der Waals surface area contributed by atoms with Gasteiger partial charge in [0.25, 0.3) is 5.91 Å². The fourth-order valence-corrected chi connectivity index (χ4v) is 5.38. The molecule has 0 aliphatic carbocycles. The standard InChI is InChI=1S/C20H23NO3S2/c22-19(21-9-11-24-20(14-21)8-4-10-23-15-20)17-6-1-2-7-18(17)26-13-16-5-3-12-25-16/h1-3,5-7,12H,4,8-11,13-15H2. The second-order valence-electron chi connectivity index (χ2n) is 6.78. The first kappa shape index (κ1) is 18.0. The molecule has 4 rings (SSSR count). The molecule has 138 valence electrons. The third kappa shape index (κ3) is 3.98. The zero-order valence-electron chi connectivity index (χ0n) is 14.7. The summed E-state index contributed by atoms with van der Waals surface area (Å²) in [5, 5.41) is 2.09. The Kier molecular flexibility index (Phi) is 5.64. The molecule has 0 saturated carbocycles. The highest BCUT2D eigenvalue weighted by atomic mass is 32.2. The predicted octanol–water partition coefficient (Wildman–Crippen LogP) is 4.06. The van der Waals surface area contributed by atoms with Crippen LogP contribution >= 0.6 is 23.1 Å². The number of hydrogen-bond donors (Lipinski definition) is 0. The summed E-state index contributed by atoms with van der Waals surface area (Å²) >= 11 is 3.48. The summed E-state index contributed by atoms with van der Waals surface area (Å²) < 4.78 is 11.7. The number of carbonyl (C=O) groups excluding carboxylic acids is 1. The lowest BCUT2D eigenvalue weighted by Crippen LogP contribution is -2.57. The number of morpholine rings is 1. The van der Waals surface area contributed by atoms with Gasteiger partial charge in [-0.15, -0.1) is 23.1 Å². The fraction of sp³-hybridized carbons (Fsp3) is 0.450. The first-order chi connectivity index (χ1) is 12.8. The van der Waals surface area contributed by atoms with Crippen LogP contribution in [0.2, 0.25) is 0 Å². The number of rotatable bonds is 4. The molecule has 1 aromatic heterocycles. The number of thioether (sulfide) groups is 1. The van der Waals surface area contributed by atoms with Gasteiger partial charge in [-0.2, -0.15) is 0 Å². The number of thiophene rings is 1. The van der Waals surface area contributed by atoms with E-state index >= 15 is 0 Å². The summed E-state index contributed by atoms with van der Waals surface area (Å²) in [4.78, 5) is 17.5. The van der Waals surface area contributed by atoms with Gasteiger partial charge >= 0.3 is 0 Å². The Morgan fingerprint density at radius 2 is 2.15 bits per heavy atom. The van der Waals surface area contributed by atoms with E-state index in [9.17, 15) is 4.79 Å². The van der Waals surface area contributed by atoms with E-state index in [1.165, 1.54) is 4.88 Å². The molecule has 2 aliphatic rings. The molecule has 4 nitrogen and oxygen atoms in total. The highest BCUT2D eigenvalue weighted by molar-refractivity contribution is 7.98. The molecule has 6 heteroatoms. The Morgan fingerprint density at radius 1 is 1.23 bits per heavy atom. The Hall–Kier alpha value is -1.34. The number of benzene rings is 1. The van der Waals surface area contributed by atoms with Gasteiger partial charge in [0.05, 0.1) is 25.3 Å². The maximum atomic E-state index is 13.2. The smallest absolute Gasteiger partial charge is 0.255 e. The lowest BCUT2D eigenvalue weighted by atomic mass is 9.94. The van der Waals surface area contributed by atoms with Crippen LogP contribution < -0.4 is 0 Å². The van der Waals surface area contributed by atoms with E-state index in [0.717, 1.165) is 35.7 Å². The van der Waals surface area contributed by atoms with Crippen molar-refractivity contribution in [2.45, 2.75) is 29.1 Å². The first-order valence-corrected chi connectivity index (χ1v) is 10.9.